The van der Waals surface area contributed by atoms with Crippen LogP contribution >= 0.6 is 11.8 Å². The van der Waals surface area contributed by atoms with E-state index in [0.29, 0.717) is 5.75 Å². The molecule has 18 heavy (non-hydrogen) atoms. The molecule has 1 aromatic rings. The summed E-state index contributed by atoms with van der Waals surface area (Å²) >= 11 is 1.58. The van der Waals surface area contributed by atoms with E-state index in [-0.39, 0.29) is 5.91 Å². The lowest BCUT2D eigenvalue weighted by Gasteiger charge is -2.26. The monoisotopic (exact) mass is 264 g/mol. The Kier molecular flexibility index (Phi) is 4.53. The maximum absolute atomic E-state index is 12.0. The Hall–Kier alpha value is -1.16. The van der Waals surface area contributed by atoms with Gasteiger partial charge in [-0.25, -0.2) is 0 Å². The van der Waals surface area contributed by atoms with Crippen LogP contribution in [0.2, 0.25) is 0 Å². The summed E-state index contributed by atoms with van der Waals surface area (Å²) in [5, 5.41) is 0. The summed E-state index contributed by atoms with van der Waals surface area (Å²) in [5.41, 5.74) is 7.71. The summed E-state index contributed by atoms with van der Waals surface area (Å²) in [6.07, 6.45) is 3.55. The number of carbonyl (C=O) groups is 1. The molecular weight excluding hydrogens is 244 g/mol. The molecule has 1 aliphatic rings. The van der Waals surface area contributed by atoms with E-state index in [1.54, 1.807) is 11.8 Å². The molecule has 2 N–H and O–H groups in total. The van der Waals surface area contributed by atoms with Crippen LogP contribution in [-0.4, -0.2) is 29.6 Å². The quantitative estimate of drug-likeness (QED) is 0.674. The van der Waals surface area contributed by atoms with Gasteiger partial charge in [0.15, 0.2) is 0 Å². The molecule has 1 aromatic carbocycles. The van der Waals surface area contributed by atoms with Gasteiger partial charge in [-0.05, 0) is 49.9 Å². The second kappa shape index (κ2) is 6.14. The fraction of sp³-hybridized carbons (Fsp3) is 0.500. The minimum Gasteiger partial charge on any atom is -0.399 e. The molecule has 4 heteroatoms. The molecule has 1 amide bonds. The van der Waals surface area contributed by atoms with Crippen LogP contribution in [0.25, 0.3) is 0 Å². The first-order valence-electron chi connectivity index (χ1n) is 6.43. The van der Waals surface area contributed by atoms with Gasteiger partial charge in [0, 0.05) is 23.7 Å². The SMILES string of the molecule is Cc1cc(N)cc(SCC(=O)N2CCCCC2)c1. The molecule has 0 atom stereocenters. The van der Waals surface area contributed by atoms with Crippen LogP contribution in [-0.2, 0) is 4.79 Å². The molecule has 0 spiro atoms. The number of piperidine rings is 1. The fourth-order valence-corrected chi connectivity index (χ4v) is 3.20. The van der Waals surface area contributed by atoms with Crippen molar-refractivity contribution in [2.24, 2.45) is 0 Å². The third-order valence-corrected chi connectivity index (χ3v) is 4.10. The smallest absolute Gasteiger partial charge is 0.232 e. The Morgan fingerprint density at radius 1 is 1.28 bits per heavy atom. The van der Waals surface area contributed by atoms with Crippen molar-refractivity contribution in [3.63, 3.8) is 0 Å². The van der Waals surface area contributed by atoms with Gasteiger partial charge in [-0.1, -0.05) is 0 Å². The average Bonchev–Trinajstić information content (AvgIpc) is 2.36. The maximum Gasteiger partial charge on any atom is 0.232 e. The highest BCUT2D eigenvalue weighted by Crippen LogP contribution is 2.23. The summed E-state index contributed by atoms with van der Waals surface area (Å²) < 4.78 is 0. The van der Waals surface area contributed by atoms with Crippen LogP contribution in [0.15, 0.2) is 23.1 Å². The molecule has 1 heterocycles. The first kappa shape index (κ1) is 13.3. The minimum atomic E-state index is 0.250. The lowest BCUT2D eigenvalue weighted by Crippen LogP contribution is -2.36. The van der Waals surface area contributed by atoms with Crippen LogP contribution in [0.5, 0.6) is 0 Å². The first-order chi connectivity index (χ1) is 8.65. The Morgan fingerprint density at radius 3 is 2.67 bits per heavy atom. The number of rotatable bonds is 3. The van der Waals surface area contributed by atoms with E-state index in [9.17, 15) is 4.79 Å². The minimum absolute atomic E-state index is 0.250. The first-order valence-corrected chi connectivity index (χ1v) is 7.41. The number of aryl methyl sites for hydroxylation is 1. The zero-order valence-electron chi connectivity index (χ0n) is 10.8. The molecule has 1 aliphatic heterocycles. The Balaban J connectivity index is 1.88. The predicted octanol–water partition coefficient (Wildman–Crippen LogP) is 2.68. The van der Waals surface area contributed by atoms with Gasteiger partial charge in [0.1, 0.15) is 0 Å². The summed E-state index contributed by atoms with van der Waals surface area (Å²) in [5.74, 6) is 0.767. The van der Waals surface area contributed by atoms with Crippen LogP contribution < -0.4 is 5.73 Å². The molecule has 1 saturated heterocycles. The van der Waals surface area contributed by atoms with Gasteiger partial charge in [0.25, 0.3) is 0 Å². The van der Waals surface area contributed by atoms with Crippen LogP contribution in [0.4, 0.5) is 5.69 Å². The summed E-state index contributed by atoms with van der Waals surface area (Å²) in [4.78, 5) is 15.1. The van der Waals surface area contributed by atoms with Gasteiger partial charge >= 0.3 is 0 Å². The number of thioether (sulfide) groups is 1. The average molecular weight is 264 g/mol. The van der Waals surface area contributed by atoms with Gasteiger partial charge in [0.2, 0.25) is 5.91 Å². The van der Waals surface area contributed by atoms with Gasteiger partial charge in [0.05, 0.1) is 5.75 Å². The molecule has 0 bridgehead atoms. The number of amides is 1. The number of hydrogen-bond donors (Lipinski definition) is 1. The van der Waals surface area contributed by atoms with Crippen molar-refractivity contribution in [2.45, 2.75) is 31.1 Å². The van der Waals surface area contributed by atoms with Crippen LogP contribution in [0.1, 0.15) is 24.8 Å². The highest BCUT2D eigenvalue weighted by Gasteiger charge is 2.16. The molecule has 0 aromatic heterocycles. The van der Waals surface area contributed by atoms with Gasteiger partial charge < -0.3 is 10.6 Å². The number of nitrogens with zero attached hydrogens (tertiary/aromatic N) is 1. The van der Waals surface area contributed by atoms with Crippen molar-refractivity contribution < 1.29 is 4.79 Å². The van der Waals surface area contributed by atoms with Crippen molar-refractivity contribution in [1.29, 1.82) is 0 Å². The van der Waals surface area contributed by atoms with E-state index in [0.717, 1.165) is 42.1 Å². The molecule has 2 rings (SSSR count). The van der Waals surface area contributed by atoms with Gasteiger partial charge in [-0.15, -0.1) is 11.8 Å². The van der Waals surface area contributed by atoms with Crippen molar-refractivity contribution in [3.8, 4) is 0 Å². The predicted molar refractivity (Wildman–Crippen MR) is 76.7 cm³/mol. The van der Waals surface area contributed by atoms with Crippen molar-refractivity contribution >= 4 is 23.4 Å². The lowest BCUT2D eigenvalue weighted by molar-refractivity contribution is -0.129. The Bertz CT molecular complexity index is 408. The highest BCUT2D eigenvalue weighted by molar-refractivity contribution is 8.00. The summed E-state index contributed by atoms with van der Waals surface area (Å²) in [6, 6.07) is 5.95. The number of nitrogens with two attached hydrogens (primary N) is 1. The molecule has 0 saturated carbocycles. The Labute approximate surface area is 113 Å². The molecular formula is C14H20N2OS. The fourth-order valence-electron chi connectivity index (χ4n) is 2.24. The number of benzene rings is 1. The molecule has 1 fully saturated rings. The number of anilines is 1. The van der Waals surface area contributed by atoms with Crippen molar-refractivity contribution in [3.05, 3.63) is 23.8 Å². The number of carbonyl (C=O) groups excluding carboxylic acids is 1. The molecule has 3 nitrogen and oxygen atoms in total. The second-order valence-electron chi connectivity index (χ2n) is 4.81. The van der Waals surface area contributed by atoms with E-state index in [2.05, 4.69) is 6.07 Å². The van der Waals surface area contributed by atoms with E-state index < -0.39 is 0 Å². The van der Waals surface area contributed by atoms with Crippen molar-refractivity contribution in [2.75, 3.05) is 24.6 Å². The number of likely N-dealkylation sites (tertiary alicyclic amines) is 1. The van der Waals surface area contributed by atoms with E-state index >= 15 is 0 Å². The van der Waals surface area contributed by atoms with E-state index in [1.165, 1.54) is 6.42 Å². The highest BCUT2D eigenvalue weighted by atomic mass is 32.2. The summed E-state index contributed by atoms with van der Waals surface area (Å²) in [6.45, 7) is 3.87. The second-order valence-corrected chi connectivity index (χ2v) is 5.86. The standard InChI is InChI=1S/C14H20N2OS/c1-11-7-12(15)9-13(8-11)18-10-14(17)16-5-3-2-4-6-16/h7-9H,2-6,10,15H2,1H3. The van der Waals surface area contributed by atoms with Crippen LogP contribution in [0.3, 0.4) is 0 Å². The third kappa shape index (κ3) is 3.67. The lowest BCUT2D eigenvalue weighted by atomic mass is 10.1. The summed E-state index contributed by atoms with van der Waals surface area (Å²) in [7, 11) is 0. The number of hydrogen-bond acceptors (Lipinski definition) is 3. The van der Waals surface area contributed by atoms with Gasteiger partial charge in [-0.2, -0.15) is 0 Å². The topological polar surface area (TPSA) is 46.3 Å². The third-order valence-electron chi connectivity index (χ3n) is 3.14. The normalized spacial score (nSPS) is 15.7. The maximum atomic E-state index is 12.0. The Morgan fingerprint density at radius 2 is 2.00 bits per heavy atom. The van der Waals surface area contributed by atoms with Crippen molar-refractivity contribution in [1.82, 2.24) is 4.90 Å². The van der Waals surface area contributed by atoms with E-state index in [1.807, 2.05) is 24.0 Å². The van der Waals surface area contributed by atoms with Gasteiger partial charge in [-0.3, -0.25) is 4.79 Å². The number of nitrogen functional groups attached to an aromatic ring is 1. The molecule has 0 aliphatic carbocycles. The molecule has 0 unspecified atom stereocenters. The zero-order chi connectivity index (χ0) is 13.0. The molecule has 98 valence electrons. The van der Waals surface area contributed by atoms with E-state index in [4.69, 9.17) is 5.73 Å². The molecule has 0 radical (unpaired) electrons. The largest absolute Gasteiger partial charge is 0.399 e. The van der Waals surface area contributed by atoms with Crippen LogP contribution in [0, 0.1) is 6.92 Å². The zero-order valence-corrected chi connectivity index (χ0v) is 11.6.